The van der Waals surface area contributed by atoms with Crippen molar-refractivity contribution >= 4 is 22.6 Å². The minimum absolute atomic E-state index is 0.0918. The van der Waals surface area contributed by atoms with E-state index in [0.29, 0.717) is 13.0 Å². The number of aromatic nitrogens is 2. The van der Waals surface area contributed by atoms with E-state index in [1.165, 1.54) is 5.56 Å². The molecule has 1 aliphatic rings. The molecule has 0 radical (unpaired) electrons. The largest absolute Gasteiger partial charge is 0.324 e. The number of nitrogens with zero attached hydrogens (tertiary/aromatic N) is 3. The van der Waals surface area contributed by atoms with E-state index in [2.05, 4.69) is 36.3 Å². The molecule has 0 unspecified atom stereocenters. The van der Waals surface area contributed by atoms with Gasteiger partial charge in [-0.05, 0) is 37.1 Å². The lowest BCUT2D eigenvalue weighted by molar-refractivity contribution is -0.117. The van der Waals surface area contributed by atoms with Crippen LogP contribution in [0.1, 0.15) is 37.6 Å². The van der Waals surface area contributed by atoms with E-state index in [1.54, 1.807) is 0 Å². The predicted molar refractivity (Wildman–Crippen MR) is 110 cm³/mol. The van der Waals surface area contributed by atoms with E-state index in [1.807, 2.05) is 42.2 Å². The zero-order valence-electron chi connectivity index (χ0n) is 16.0. The molecule has 27 heavy (non-hydrogen) atoms. The summed E-state index contributed by atoms with van der Waals surface area (Å²) in [7, 11) is 0. The second-order valence-corrected chi connectivity index (χ2v) is 7.39. The smallest absolute Gasteiger partial charge is 0.227 e. The topological polar surface area (TPSA) is 38.1 Å². The Morgan fingerprint density at radius 1 is 1.19 bits per heavy atom. The molecule has 4 heteroatoms. The first-order valence-corrected chi connectivity index (χ1v) is 9.56. The van der Waals surface area contributed by atoms with Crippen LogP contribution in [0, 0.1) is 0 Å². The van der Waals surface area contributed by atoms with Crippen LogP contribution in [0.15, 0.2) is 60.7 Å². The summed E-state index contributed by atoms with van der Waals surface area (Å²) in [5, 5.41) is 0. The maximum Gasteiger partial charge on any atom is 0.227 e. The Labute approximate surface area is 160 Å². The number of aryl methyl sites for hydroxylation is 1. The lowest BCUT2D eigenvalue weighted by Gasteiger charge is -2.20. The molecule has 0 N–H and O–H groups in total. The highest BCUT2D eigenvalue weighted by Gasteiger charge is 2.35. The summed E-state index contributed by atoms with van der Waals surface area (Å²) in [6, 6.07) is 16.4. The van der Waals surface area contributed by atoms with Crippen LogP contribution < -0.4 is 4.90 Å². The number of fused-ring (bicyclic) bond motifs is 1. The van der Waals surface area contributed by atoms with Crippen LogP contribution in [0.2, 0.25) is 0 Å². The lowest BCUT2D eigenvalue weighted by Crippen LogP contribution is -2.25. The summed E-state index contributed by atoms with van der Waals surface area (Å²) in [4.78, 5) is 19.7. The fourth-order valence-corrected chi connectivity index (χ4v) is 4.03. The number of hydrogen-bond acceptors (Lipinski definition) is 2. The Balaban J connectivity index is 1.73. The second-order valence-electron chi connectivity index (χ2n) is 7.39. The van der Waals surface area contributed by atoms with Gasteiger partial charge >= 0.3 is 0 Å². The maximum absolute atomic E-state index is 12.8. The molecule has 3 aromatic rings. The van der Waals surface area contributed by atoms with E-state index in [9.17, 15) is 4.79 Å². The molecule has 0 bridgehead atoms. The first kappa shape index (κ1) is 17.5. The Morgan fingerprint density at radius 2 is 1.93 bits per heavy atom. The average Bonchev–Trinajstić information content (AvgIpc) is 3.22. The number of allylic oxidation sites excluding steroid dienone is 1. The zero-order chi connectivity index (χ0) is 19.0. The van der Waals surface area contributed by atoms with Gasteiger partial charge in [-0.15, -0.1) is 0 Å². The van der Waals surface area contributed by atoms with E-state index >= 15 is 0 Å². The van der Waals surface area contributed by atoms with Crippen molar-refractivity contribution in [2.45, 2.75) is 39.2 Å². The van der Waals surface area contributed by atoms with E-state index in [0.717, 1.165) is 41.1 Å². The Bertz CT molecular complexity index is 1020. The van der Waals surface area contributed by atoms with Crippen LogP contribution in [0.4, 0.5) is 5.69 Å². The quantitative estimate of drug-likeness (QED) is 0.620. The Kier molecular flexibility index (Phi) is 4.56. The van der Waals surface area contributed by atoms with Crippen LogP contribution >= 0.6 is 0 Å². The van der Waals surface area contributed by atoms with Gasteiger partial charge in [0.1, 0.15) is 5.82 Å². The normalized spacial score (nSPS) is 17.0. The van der Waals surface area contributed by atoms with Gasteiger partial charge < -0.3 is 9.47 Å². The molecule has 1 fully saturated rings. The van der Waals surface area contributed by atoms with Crippen LogP contribution in [0.25, 0.3) is 11.0 Å². The number of rotatable bonds is 5. The Morgan fingerprint density at radius 3 is 2.70 bits per heavy atom. The fraction of sp³-hybridized carbons (Fsp3) is 0.304. The number of hydrogen-bond donors (Lipinski definition) is 0. The van der Waals surface area contributed by atoms with E-state index in [4.69, 9.17) is 4.98 Å². The zero-order valence-corrected chi connectivity index (χ0v) is 16.0. The van der Waals surface area contributed by atoms with E-state index in [-0.39, 0.29) is 11.8 Å². The van der Waals surface area contributed by atoms with E-state index < -0.39 is 0 Å². The van der Waals surface area contributed by atoms with Gasteiger partial charge in [-0.1, -0.05) is 49.4 Å². The van der Waals surface area contributed by atoms with Crippen LogP contribution in [-0.2, 0) is 17.8 Å². The molecule has 4 rings (SSSR count). The Hall–Kier alpha value is -2.88. The van der Waals surface area contributed by atoms with Gasteiger partial charge in [0.05, 0.1) is 11.0 Å². The minimum atomic E-state index is 0.0918. The molecular weight excluding hydrogens is 334 g/mol. The molecule has 2 heterocycles. The third-order valence-electron chi connectivity index (χ3n) is 5.27. The molecule has 0 aliphatic carbocycles. The molecule has 1 aromatic heterocycles. The van der Waals surface area contributed by atoms with Crippen LogP contribution in [0.5, 0.6) is 0 Å². The van der Waals surface area contributed by atoms with Crippen LogP contribution in [-0.4, -0.2) is 22.0 Å². The molecule has 2 aromatic carbocycles. The second kappa shape index (κ2) is 7.03. The van der Waals surface area contributed by atoms with Crippen molar-refractivity contribution in [3.05, 3.63) is 72.1 Å². The monoisotopic (exact) mass is 359 g/mol. The van der Waals surface area contributed by atoms with Gasteiger partial charge in [-0.2, -0.15) is 0 Å². The molecule has 1 amide bonds. The average molecular weight is 359 g/mol. The van der Waals surface area contributed by atoms with Crippen molar-refractivity contribution in [2.75, 3.05) is 11.4 Å². The first-order chi connectivity index (χ1) is 13.1. The molecule has 0 spiro atoms. The van der Waals surface area contributed by atoms with Gasteiger partial charge in [0.15, 0.2) is 0 Å². The van der Waals surface area contributed by atoms with Crippen molar-refractivity contribution in [3.8, 4) is 0 Å². The molecular formula is C23H25N3O. The van der Waals surface area contributed by atoms with Gasteiger partial charge in [0, 0.05) is 31.1 Å². The van der Waals surface area contributed by atoms with Crippen molar-refractivity contribution in [3.63, 3.8) is 0 Å². The highest BCUT2D eigenvalue weighted by atomic mass is 16.2. The third-order valence-corrected chi connectivity index (χ3v) is 5.27. The van der Waals surface area contributed by atoms with Crippen molar-refractivity contribution in [1.82, 2.24) is 9.55 Å². The molecule has 1 aliphatic heterocycles. The summed E-state index contributed by atoms with van der Waals surface area (Å²) in [5.74, 6) is 1.26. The number of carbonyl (C=O) groups is 1. The van der Waals surface area contributed by atoms with Crippen molar-refractivity contribution in [1.29, 1.82) is 0 Å². The van der Waals surface area contributed by atoms with Gasteiger partial charge in [0.25, 0.3) is 0 Å². The summed E-state index contributed by atoms with van der Waals surface area (Å²) >= 11 is 0. The number of benzene rings is 2. The number of carbonyl (C=O) groups excluding carboxylic acids is 1. The fourth-order valence-electron chi connectivity index (χ4n) is 4.03. The molecule has 1 saturated heterocycles. The summed E-state index contributed by atoms with van der Waals surface area (Å²) in [6.45, 7) is 9.64. The molecule has 138 valence electrons. The summed E-state index contributed by atoms with van der Waals surface area (Å²) < 4.78 is 2.23. The van der Waals surface area contributed by atoms with Gasteiger partial charge in [0.2, 0.25) is 5.91 Å². The highest BCUT2D eigenvalue weighted by molar-refractivity contribution is 5.97. The summed E-state index contributed by atoms with van der Waals surface area (Å²) in [5.41, 5.74) is 5.41. The van der Waals surface area contributed by atoms with Gasteiger partial charge in [-0.3, -0.25) is 4.79 Å². The molecule has 0 saturated carbocycles. The summed E-state index contributed by atoms with van der Waals surface area (Å²) in [6.07, 6.45) is 1.41. The van der Waals surface area contributed by atoms with Crippen molar-refractivity contribution in [2.24, 2.45) is 0 Å². The van der Waals surface area contributed by atoms with Crippen molar-refractivity contribution < 1.29 is 4.79 Å². The lowest BCUT2D eigenvalue weighted by atomic mass is 10.1. The standard InChI is InChI=1S/C23H25N3O/c1-4-17-9-5-7-11-20(17)25-15-18(13-22(25)27)23-24-19-10-6-8-12-21(19)26(23)14-16(2)3/h5-12,18H,2,4,13-15H2,1,3H3/t18-/m0/s1. The number of imidazole rings is 1. The maximum atomic E-state index is 12.8. The first-order valence-electron chi connectivity index (χ1n) is 9.56. The highest BCUT2D eigenvalue weighted by Crippen LogP contribution is 2.34. The molecule has 4 nitrogen and oxygen atoms in total. The minimum Gasteiger partial charge on any atom is -0.324 e. The predicted octanol–water partition coefficient (Wildman–Crippen LogP) is 4.70. The number of para-hydroxylation sites is 3. The number of anilines is 1. The molecule has 1 atom stereocenters. The van der Waals surface area contributed by atoms with Gasteiger partial charge in [-0.25, -0.2) is 4.98 Å². The van der Waals surface area contributed by atoms with Crippen LogP contribution in [0.3, 0.4) is 0 Å². The number of amides is 1. The third kappa shape index (κ3) is 3.16. The SMILES string of the molecule is C=C(C)Cn1c([C@H]2CC(=O)N(c3ccccc3CC)C2)nc2ccccc21.